The number of nitrogens with zero attached hydrogens (tertiary/aromatic N) is 1. The number of hydrogen-bond donors (Lipinski definition) is 2. The first-order valence-corrected chi connectivity index (χ1v) is 4.65. The second kappa shape index (κ2) is 4.44. The van der Waals surface area contributed by atoms with Crippen LogP contribution in [0.3, 0.4) is 0 Å². The zero-order valence-corrected chi connectivity index (χ0v) is 8.65. The largest absolute Gasteiger partial charge is 0.382 e. The SMILES string of the molecule is CCNCc1cc(Cl)c(N)nc1C. The molecule has 0 amide bonds. The number of aromatic nitrogens is 1. The molecule has 0 saturated heterocycles. The maximum absolute atomic E-state index is 5.85. The summed E-state index contributed by atoms with van der Waals surface area (Å²) in [6, 6.07) is 1.86. The van der Waals surface area contributed by atoms with Crippen molar-refractivity contribution in [2.45, 2.75) is 20.4 Å². The standard InChI is InChI=1S/C9H14ClN3/c1-3-12-5-7-4-8(10)9(11)13-6(7)2/h4,12H,3,5H2,1-2H3,(H2,11,13). The lowest BCUT2D eigenvalue weighted by Crippen LogP contribution is -2.13. The Hall–Kier alpha value is -0.800. The van der Waals surface area contributed by atoms with Gasteiger partial charge in [-0.25, -0.2) is 4.98 Å². The second-order valence-electron chi connectivity index (χ2n) is 2.88. The van der Waals surface area contributed by atoms with Crippen molar-refractivity contribution in [2.75, 3.05) is 12.3 Å². The fourth-order valence-electron chi connectivity index (χ4n) is 1.08. The monoisotopic (exact) mass is 199 g/mol. The highest BCUT2D eigenvalue weighted by molar-refractivity contribution is 6.32. The van der Waals surface area contributed by atoms with Crippen molar-refractivity contribution in [3.05, 3.63) is 22.3 Å². The van der Waals surface area contributed by atoms with E-state index in [-0.39, 0.29) is 0 Å². The minimum Gasteiger partial charge on any atom is -0.382 e. The molecule has 0 unspecified atom stereocenters. The molecule has 0 fully saturated rings. The van der Waals surface area contributed by atoms with Crippen molar-refractivity contribution in [3.63, 3.8) is 0 Å². The lowest BCUT2D eigenvalue weighted by Gasteiger charge is -2.07. The average Bonchev–Trinajstić information content (AvgIpc) is 2.09. The zero-order chi connectivity index (χ0) is 9.84. The van der Waals surface area contributed by atoms with Crippen molar-refractivity contribution in [2.24, 2.45) is 0 Å². The summed E-state index contributed by atoms with van der Waals surface area (Å²) in [5, 5.41) is 3.74. The van der Waals surface area contributed by atoms with Gasteiger partial charge < -0.3 is 11.1 Å². The Bertz CT molecular complexity index is 299. The number of nitrogen functional groups attached to an aromatic ring is 1. The first kappa shape index (κ1) is 10.3. The molecule has 0 bridgehead atoms. The molecule has 0 atom stereocenters. The molecule has 13 heavy (non-hydrogen) atoms. The van der Waals surface area contributed by atoms with Crippen molar-refractivity contribution in [1.29, 1.82) is 0 Å². The van der Waals surface area contributed by atoms with E-state index >= 15 is 0 Å². The van der Waals surface area contributed by atoms with Crippen LogP contribution in [0.1, 0.15) is 18.2 Å². The summed E-state index contributed by atoms with van der Waals surface area (Å²) in [5.74, 6) is 0.402. The van der Waals surface area contributed by atoms with Gasteiger partial charge in [0.05, 0.1) is 5.02 Å². The lowest BCUT2D eigenvalue weighted by atomic mass is 10.2. The predicted octanol–water partition coefficient (Wildman–Crippen LogP) is 1.74. The third-order valence-electron chi connectivity index (χ3n) is 1.86. The summed E-state index contributed by atoms with van der Waals surface area (Å²) in [5.41, 5.74) is 7.59. The Balaban J connectivity index is 2.88. The number of halogens is 1. The van der Waals surface area contributed by atoms with Crippen molar-refractivity contribution >= 4 is 17.4 Å². The van der Waals surface area contributed by atoms with Gasteiger partial charge in [0, 0.05) is 12.2 Å². The zero-order valence-electron chi connectivity index (χ0n) is 7.89. The molecule has 1 rings (SSSR count). The van der Waals surface area contributed by atoms with Gasteiger partial charge in [0.1, 0.15) is 5.82 Å². The number of aryl methyl sites for hydroxylation is 1. The summed E-state index contributed by atoms with van der Waals surface area (Å²) in [6.45, 7) is 5.71. The highest BCUT2D eigenvalue weighted by Gasteiger charge is 2.03. The number of anilines is 1. The Labute approximate surface area is 83.3 Å². The van der Waals surface area contributed by atoms with E-state index in [1.165, 1.54) is 0 Å². The fraction of sp³-hybridized carbons (Fsp3) is 0.444. The summed E-state index contributed by atoms with van der Waals surface area (Å²) in [4.78, 5) is 4.13. The maximum atomic E-state index is 5.85. The van der Waals surface area contributed by atoms with Gasteiger partial charge in [-0.2, -0.15) is 0 Å². The first-order valence-electron chi connectivity index (χ1n) is 4.27. The minimum atomic E-state index is 0.402. The molecular formula is C9H14ClN3. The van der Waals surface area contributed by atoms with Crippen LogP contribution in [0, 0.1) is 6.92 Å². The summed E-state index contributed by atoms with van der Waals surface area (Å²) < 4.78 is 0. The van der Waals surface area contributed by atoms with Gasteiger partial charge in [0.15, 0.2) is 0 Å². The third-order valence-corrected chi connectivity index (χ3v) is 2.17. The van der Waals surface area contributed by atoms with Crippen LogP contribution < -0.4 is 11.1 Å². The molecule has 0 aliphatic heterocycles. The van der Waals surface area contributed by atoms with Gasteiger partial charge in [-0.05, 0) is 25.1 Å². The van der Waals surface area contributed by atoms with Gasteiger partial charge in [-0.15, -0.1) is 0 Å². The first-order chi connectivity index (χ1) is 6.15. The number of nitrogens with two attached hydrogens (primary N) is 1. The molecule has 72 valence electrons. The van der Waals surface area contributed by atoms with Crippen LogP contribution in [-0.4, -0.2) is 11.5 Å². The van der Waals surface area contributed by atoms with E-state index in [0.717, 1.165) is 24.3 Å². The van der Waals surface area contributed by atoms with Crippen LogP contribution in [0.5, 0.6) is 0 Å². The quantitative estimate of drug-likeness (QED) is 0.780. The van der Waals surface area contributed by atoms with E-state index in [1.807, 2.05) is 13.0 Å². The predicted molar refractivity (Wildman–Crippen MR) is 55.8 cm³/mol. The van der Waals surface area contributed by atoms with Gasteiger partial charge in [-0.1, -0.05) is 18.5 Å². The molecule has 4 heteroatoms. The van der Waals surface area contributed by atoms with Crippen molar-refractivity contribution in [1.82, 2.24) is 10.3 Å². The normalized spacial score (nSPS) is 10.4. The maximum Gasteiger partial charge on any atom is 0.142 e. The Morgan fingerprint density at radius 1 is 1.62 bits per heavy atom. The molecule has 0 aromatic carbocycles. The molecule has 1 aromatic rings. The molecule has 0 aliphatic carbocycles. The molecule has 3 N–H and O–H groups in total. The van der Waals surface area contributed by atoms with Gasteiger partial charge in [0.2, 0.25) is 0 Å². The van der Waals surface area contributed by atoms with Gasteiger partial charge >= 0.3 is 0 Å². The van der Waals surface area contributed by atoms with Crippen LogP contribution in [0.25, 0.3) is 0 Å². The van der Waals surface area contributed by atoms with Crippen LogP contribution in [0.2, 0.25) is 5.02 Å². The van der Waals surface area contributed by atoms with Crippen molar-refractivity contribution in [3.8, 4) is 0 Å². The van der Waals surface area contributed by atoms with Crippen LogP contribution >= 0.6 is 11.6 Å². The molecule has 1 heterocycles. The average molecular weight is 200 g/mol. The molecule has 0 radical (unpaired) electrons. The van der Waals surface area contributed by atoms with E-state index in [2.05, 4.69) is 17.2 Å². The van der Waals surface area contributed by atoms with E-state index in [0.29, 0.717) is 10.8 Å². The number of rotatable bonds is 3. The van der Waals surface area contributed by atoms with Crippen LogP contribution in [0.4, 0.5) is 5.82 Å². The van der Waals surface area contributed by atoms with Crippen molar-refractivity contribution < 1.29 is 0 Å². The second-order valence-corrected chi connectivity index (χ2v) is 3.29. The van der Waals surface area contributed by atoms with E-state index < -0.39 is 0 Å². The number of hydrogen-bond acceptors (Lipinski definition) is 3. The molecule has 0 spiro atoms. The van der Waals surface area contributed by atoms with E-state index in [9.17, 15) is 0 Å². The Morgan fingerprint density at radius 3 is 2.92 bits per heavy atom. The Kier molecular flexibility index (Phi) is 3.51. The molecular weight excluding hydrogens is 186 g/mol. The third kappa shape index (κ3) is 2.57. The van der Waals surface area contributed by atoms with E-state index in [4.69, 9.17) is 17.3 Å². The summed E-state index contributed by atoms with van der Waals surface area (Å²) in [6.07, 6.45) is 0. The van der Waals surface area contributed by atoms with Crippen LogP contribution in [-0.2, 0) is 6.54 Å². The summed E-state index contributed by atoms with van der Waals surface area (Å²) in [7, 11) is 0. The lowest BCUT2D eigenvalue weighted by molar-refractivity contribution is 0.720. The molecule has 0 saturated carbocycles. The van der Waals surface area contributed by atoms with E-state index in [1.54, 1.807) is 0 Å². The smallest absolute Gasteiger partial charge is 0.142 e. The highest BCUT2D eigenvalue weighted by Crippen LogP contribution is 2.19. The number of pyridine rings is 1. The number of nitrogens with one attached hydrogen (secondary N) is 1. The molecule has 1 aromatic heterocycles. The van der Waals surface area contributed by atoms with Gasteiger partial charge in [0.25, 0.3) is 0 Å². The molecule has 0 aliphatic rings. The highest BCUT2D eigenvalue weighted by atomic mass is 35.5. The van der Waals surface area contributed by atoms with Gasteiger partial charge in [-0.3, -0.25) is 0 Å². The summed E-state index contributed by atoms with van der Waals surface area (Å²) >= 11 is 5.85. The fourth-order valence-corrected chi connectivity index (χ4v) is 1.25. The minimum absolute atomic E-state index is 0.402. The Morgan fingerprint density at radius 2 is 2.31 bits per heavy atom. The molecule has 3 nitrogen and oxygen atoms in total. The van der Waals surface area contributed by atoms with Crippen LogP contribution in [0.15, 0.2) is 6.07 Å². The topological polar surface area (TPSA) is 50.9 Å².